The van der Waals surface area contributed by atoms with Crippen LogP contribution in [0.15, 0.2) is 12.3 Å². The molecule has 1 amide bonds. The third kappa shape index (κ3) is 3.23. The third-order valence-corrected chi connectivity index (χ3v) is 2.65. The van der Waals surface area contributed by atoms with Crippen LogP contribution in [0.5, 0.6) is 0 Å². The number of carboxylic acid groups (broad SMARTS) is 1. The lowest BCUT2D eigenvalue weighted by Crippen LogP contribution is -2.40. The molecule has 0 fully saturated rings. The first-order chi connectivity index (χ1) is 7.99. The number of rotatable bonds is 5. The van der Waals surface area contributed by atoms with Crippen LogP contribution in [0.25, 0.3) is 0 Å². The van der Waals surface area contributed by atoms with Crippen LogP contribution < -0.4 is 5.32 Å². The Balaban J connectivity index is 2.85. The summed E-state index contributed by atoms with van der Waals surface area (Å²) in [6, 6.07) is 0.649. The summed E-state index contributed by atoms with van der Waals surface area (Å²) in [6.45, 7) is 4.17. The monoisotopic (exact) mass is 258 g/mol. The van der Waals surface area contributed by atoms with Crippen LogP contribution in [0.3, 0.4) is 0 Å². The first-order valence-corrected chi connectivity index (χ1v) is 5.76. The number of aliphatic carboxylic acids is 1. The molecule has 0 saturated heterocycles. The smallest absolute Gasteiger partial charge is 0.326 e. The van der Waals surface area contributed by atoms with Crippen LogP contribution in [0.2, 0.25) is 5.02 Å². The van der Waals surface area contributed by atoms with Crippen molar-refractivity contribution in [2.45, 2.75) is 32.9 Å². The molecule has 6 heteroatoms. The van der Waals surface area contributed by atoms with Gasteiger partial charge in [0.2, 0.25) is 0 Å². The van der Waals surface area contributed by atoms with Gasteiger partial charge < -0.3 is 15.0 Å². The normalized spacial score (nSPS) is 12.2. The molecule has 5 nitrogen and oxygen atoms in total. The fraction of sp³-hybridized carbons (Fsp3) is 0.455. The standard InChI is InChI=1S/C11H15ClN2O3/c1-3-8(11(16)17)13-10(15)9-5-7(12)6-14(9)4-2/h5-6,8H,3-4H2,1-2H3,(H,13,15)(H,16,17). The topological polar surface area (TPSA) is 71.3 Å². The zero-order chi connectivity index (χ0) is 13.0. The van der Waals surface area contributed by atoms with Crippen molar-refractivity contribution in [1.82, 2.24) is 9.88 Å². The van der Waals surface area contributed by atoms with Gasteiger partial charge in [-0.05, 0) is 19.4 Å². The minimum Gasteiger partial charge on any atom is -0.480 e. The van der Waals surface area contributed by atoms with Gasteiger partial charge in [-0.15, -0.1) is 0 Å². The molecular weight excluding hydrogens is 244 g/mol. The Morgan fingerprint density at radius 2 is 2.18 bits per heavy atom. The summed E-state index contributed by atoms with van der Waals surface area (Å²) < 4.78 is 1.67. The minimum atomic E-state index is -1.04. The third-order valence-electron chi connectivity index (χ3n) is 2.45. The summed E-state index contributed by atoms with van der Waals surface area (Å²) in [5.74, 6) is -1.46. The van der Waals surface area contributed by atoms with Crippen LogP contribution >= 0.6 is 11.6 Å². The van der Waals surface area contributed by atoms with Crippen molar-refractivity contribution < 1.29 is 14.7 Å². The van der Waals surface area contributed by atoms with E-state index in [4.69, 9.17) is 16.7 Å². The van der Waals surface area contributed by atoms with Gasteiger partial charge in [0, 0.05) is 12.7 Å². The molecule has 1 unspecified atom stereocenters. The fourth-order valence-electron chi connectivity index (χ4n) is 1.50. The molecule has 94 valence electrons. The molecule has 0 aliphatic rings. The average Bonchev–Trinajstić information content (AvgIpc) is 2.66. The summed E-state index contributed by atoms with van der Waals surface area (Å²) in [6.07, 6.45) is 1.97. The molecule has 1 rings (SSSR count). The van der Waals surface area contributed by atoms with Gasteiger partial charge in [0.1, 0.15) is 11.7 Å². The highest BCUT2D eigenvalue weighted by Gasteiger charge is 2.20. The van der Waals surface area contributed by atoms with E-state index >= 15 is 0 Å². The number of carbonyl (C=O) groups excluding carboxylic acids is 1. The van der Waals surface area contributed by atoms with Gasteiger partial charge in [0.25, 0.3) is 5.91 Å². The number of nitrogens with one attached hydrogen (secondary N) is 1. The molecule has 1 aromatic heterocycles. The number of carbonyl (C=O) groups is 2. The van der Waals surface area contributed by atoms with E-state index in [9.17, 15) is 9.59 Å². The lowest BCUT2D eigenvalue weighted by Gasteiger charge is -2.13. The van der Waals surface area contributed by atoms with E-state index < -0.39 is 17.9 Å². The molecular formula is C11H15ClN2O3. The minimum absolute atomic E-state index is 0.335. The second-order valence-electron chi connectivity index (χ2n) is 3.60. The van der Waals surface area contributed by atoms with Crippen molar-refractivity contribution in [3.8, 4) is 0 Å². The van der Waals surface area contributed by atoms with E-state index in [1.165, 1.54) is 6.07 Å². The SMILES string of the molecule is CCC(NC(=O)c1cc(Cl)cn1CC)C(=O)O. The van der Waals surface area contributed by atoms with Crippen LogP contribution in [0.1, 0.15) is 30.8 Å². The second kappa shape index (κ2) is 5.72. The van der Waals surface area contributed by atoms with Gasteiger partial charge in [-0.3, -0.25) is 4.79 Å². The molecule has 1 heterocycles. The Bertz CT molecular complexity index is 428. The van der Waals surface area contributed by atoms with Crippen molar-refractivity contribution in [3.63, 3.8) is 0 Å². The molecule has 0 aromatic carbocycles. The van der Waals surface area contributed by atoms with Crippen LogP contribution in [-0.2, 0) is 11.3 Å². The maximum atomic E-state index is 11.9. The van der Waals surface area contributed by atoms with Crippen LogP contribution in [-0.4, -0.2) is 27.6 Å². The average molecular weight is 259 g/mol. The largest absolute Gasteiger partial charge is 0.480 e. The van der Waals surface area contributed by atoms with E-state index in [0.29, 0.717) is 23.7 Å². The summed E-state index contributed by atoms with van der Waals surface area (Å²) in [5.41, 5.74) is 0.372. The molecule has 0 radical (unpaired) electrons. The highest BCUT2D eigenvalue weighted by molar-refractivity contribution is 6.31. The van der Waals surface area contributed by atoms with Crippen molar-refractivity contribution in [1.29, 1.82) is 0 Å². The number of halogens is 1. The number of hydrogen-bond donors (Lipinski definition) is 2. The summed E-state index contributed by atoms with van der Waals surface area (Å²) >= 11 is 5.80. The number of aryl methyl sites for hydroxylation is 1. The molecule has 1 atom stereocenters. The van der Waals surface area contributed by atoms with Crippen molar-refractivity contribution in [3.05, 3.63) is 23.0 Å². The Morgan fingerprint density at radius 1 is 1.53 bits per heavy atom. The number of hydrogen-bond acceptors (Lipinski definition) is 2. The first kappa shape index (κ1) is 13.6. The Kier molecular flexibility index (Phi) is 4.57. The lowest BCUT2D eigenvalue weighted by molar-refractivity contribution is -0.139. The quantitative estimate of drug-likeness (QED) is 0.845. The number of aromatic nitrogens is 1. The number of amides is 1. The molecule has 0 aliphatic heterocycles. The maximum absolute atomic E-state index is 11.9. The Labute approximate surface area is 104 Å². The van der Waals surface area contributed by atoms with E-state index in [0.717, 1.165) is 0 Å². The van der Waals surface area contributed by atoms with E-state index in [2.05, 4.69) is 5.32 Å². The predicted molar refractivity (Wildman–Crippen MR) is 64.3 cm³/mol. The summed E-state index contributed by atoms with van der Waals surface area (Å²) in [7, 11) is 0. The van der Waals surface area contributed by atoms with Crippen LogP contribution in [0, 0.1) is 0 Å². The summed E-state index contributed by atoms with van der Waals surface area (Å²) in [4.78, 5) is 22.7. The highest BCUT2D eigenvalue weighted by atomic mass is 35.5. The zero-order valence-corrected chi connectivity index (χ0v) is 10.5. The van der Waals surface area contributed by atoms with Gasteiger partial charge in [-0.2, -0.15) is 0 Å². The van der Waals surface area contributed by atoms with Crippen molar-refractivity contribution in [2.24, 2.45) is 0 Å². The molecule has 0 spiro atoms. The first-order valence-electron chi connectivity index (χ1n) is 5.38. The Morgan fingerprint density at radius 3 is 2.65 bits per heavy atom. The van der Waals surface area contributed by atoms with Crippen molar-refractivity contribution in [2.75, 3.05) is 0 Å². The molecule has 17 heavy (non-hydrogen) atoms. The predicted octanol–water partition coefficient (Wildman–Crippen LogP) is 1.75. The molecule has 0 saturated carbocycles. The molecule has 1 aromatic rings. The van der Waals surface area contributed by atoms with Crippen LogP contribution in [0.4, 0.5) is 0 Å². The fourth-order valence-corrected chi connectivity index (χ4v) is 1.72. The van der Waals surface area contributed by atoms with Gasteiger partial charge in [-0.1, -0.05) is 18.5 Å². The highest BCUT2D eigenvalue weighted by Crippen LogP contribution is 2.14. The van der Waals surface area contributed by atoms with Crippen molar-refractivity contribution >= 4 is 23.5 Å². The lowest BCUT2D eigenvalue weighted by atomic mass is 10.2. The van der Waals surface area contributed by atoms with E-state index in [1.54, 1.807) is 17.7 Å². The van der Waals surface area contributed by atoms with Gasteiger partial charge in [-0.25, -0.2) is 4.79 Å². The molecule has 2 N–H and O–H groups in total. The van der Waals surface area contributed by atoms with E-state index in [-0.39, 0.29) is 0 Å². The van der Waals surface area contributed by atoms with Gasteiger partial charge in [0.15, 0.2) is 0 Å². The Hall–Kier alpha value is -1.49. The molecule has 0 aliphatic carbocycles. The number of nitrogens with zero attached hydrogens (tertiary/aromatic N) is 1. The second-order valence-corrected chi connectivity index (χ2v) is 4.04. The van der Waals surface area contributed by atoms with Gasteiger partial charge >= 0.3 is 5.97 Å². The summed E-state index contributed by atoms with van der Waals surface area (Å²) in [5, 5.41) is 11.8. The van der Waals surface area contributed by atoms with Gasteiger partial charge in [0.05, 0.1) is 5.02 Å². The zero-order valence-electron chi connectivity index (χ0n) is 9.74. The van der Waals surface area contributed by atoms with E-state index in [1.807, 2.05) is 6.92 Å². The maximum Gasteiger partial charge on any atom is 0.326 e. The number of carboxylic acids is 1. The molecule has 0 bridgehead atoms.